The van der Waals surface area contributed by atoms with Crippen LogP contribution >= 0.6 is 15.9 Å². The number of nitrogens with one attached hydrogen (secondary N) is 1. The Hall–Kier alpha value is -0.970. The van der Waals surface area contributed by atoms with Gasteiger partial charge in [0.25, 0.3) is 5.92 Å². The molecule has 0 unspecified atom stereocenters. The van der Waals surface area contributed by atoms with Gasteiger partial charge in [-0.25, -0.2) is 8.78 Å². The fraction of sp³-hybridized carbons (Fsp3) is 0.417. The zero-order valence-corrected chi connectivity index (χ0v) is 10.8. The van der Waals surface area contributed by atoms with Gasteiger partial charge >= 0.3 is 0 Å². The maximum absolute atomic E-state index is 13.9. The monoisotopic (exact) mass is 300 g/mol. The van der Waals surface area contributed by atoms with Gasteiger partial charge < -0.3 is 0 Å². The summed E-state index contributed by atoms with van der Waals surface area (Å²) >= 11 is 3.45. The summed E-state index contributed by atoms with van der Waals surface area (Å²) in [5.41, 5.74) is 1.53. The van der Waals surface area contributed by atoms with Crippen molar-refractivity contribution in [3.8, 4) is 0 Å². The van der Waals surface area contributed by atoms with E-state index in [4.69, 9.17) is 0 Å². The maximum Gasteiger partial charge on any atom is 0.273 e. The summed E-state index contributed by atoms with van der Waals surface area (Å²) < 4.78 is 28.6. The molecule has 0 saturated heterocycles. The lowest BCUT2D eigenvalue weighted by Crippen LogP contribution is -2.23. The van der Waals surface area contributed by atoms with Crippen molar-refractivity contribution in [2.75, 3.05) is 0 Å². The Balaban J connectivity index is 2.39. The van der Waals surface area contributed by atoms with Gasteiger partial charge in [0.1, 0.15) is 0 Å². The smallest absolute Gasteiger partial charge is 0.273 e. The van der Waals surface area contributed by atoms with E-state index in [1.807, 2.05) is 6.92 Å². The van der Waals surface area contributed by atoms with Gasteiger partial charge in [0.2, 0.25) is 0 Å². The molecular weight excluding hydrogens is 290 g/mol. The van der Waals surface area contributed by atoms with Gasteiger partial charge in [0.15, 0.2) is 0 Å². The van der Waals surface area contributed by atoms with Crippen molar-refractivity contribution in [2.45, 2.75) is 31.6 Å². The summed E-state index contributed by atoms with van der Waals surface area (Å²) in [7, 11) is 0. The molecule has 0 radical (unpaired) electrons. The first-order valence-corrected chi connectivity index (χ1v) is 6.34. The van der Waals surface area contributed by atoms with Gasteiger partial charge in [0.05, 0.1) is 11.7 Å². The number of hydrogen-bond donors (Lipinski definition) is 1. The van der Waals surface area contributed by atoms with Crippen LogP contribution in [-0.2, 0) is 5.92 Å². The third-order valence-electron chi connectivity index (χ3n) is 3.50. The number of rotatable bonds is 0. The molecule has 1 aliphatic carbocycles. The summed E-state index contributed by atoms with van der Waals surface area (Å²) in [6.07, 6.45) is 2.11. The second-order valence-electron chi connectivity index (χ2n) is 4.63. The minimum absolute atomic E-state index is 0.0761. The summed E-state index contributed by atoms with van der Waals surface area (Å²) in [5, 5.41) is 7.52. The molecule has 0 bridgehead atoms. The molecule has 0 spiro atoms. The van der Waals surface area contributed by atoms with Gasteiger partial charge in [0, 0.05) is 21.8 Å². The second-order valence-corrected chi connectivity index (χ2v) is 5.42. The molecule has 0 saturated carbocycles. The third kappa shape index (κ3) is 1.52. The SMILES string of the molecule is C[C@@H]1CCC(F)(F)c2cc3[nH]ncc3c(Br)c21. The molecule has 1 aliphatic rings. The van der Waals surface area contributed by atoms with E-state index in [0.29, 0.717) is 11.9 Å². The van der Waals surface area contributed by atoms with E-state index in [1.54, 1.807) is 6.20 Å². The average molecular weight is 301 g/mol. The zero-order valence-electron chi connectivity index (χ0n) is 9.23. The van der Waals surface area contributed by atoms with Crippen molar-refractivity contribution >= 4 is 26.8 Å². The van der Waals surface area contributed by atoms with E-state index in [2.05, 4.69) is 26.1 Å². The molecule has 90 valence electrons. The number of aromatic nitrogens is 2. The number of hydrogen-bond acceptors (Lipinski definition) is 1. The standard InChI is InChI=1S/C12H11BrF2N2/c1-6-2-3-12(14,15)8-4-9-7(5-16-17-9)11(13)10(6)8/h4-6H,2-3H2,1H3,(H,16,17)/t6-/m1/s1. The molecule has 0 amide bonds. The molecule has 1 atom stereocenters. The first kappa shape index (κ1) is 11.1. The second kappa shape index (κ2) is 3.51. The first-order valence-electron chi connectivity index (χ1n) is 5.54. The number of aromatic amines is 1. The highest BCUT2D eigenvalue weighted by atomic mass is 79.9. The Labute approximate surface area is 106 Å². The molecule has 2 aromatic rings. The number of H-pyrrole nitrogens is 1. The summed E-state index contributed by atoms with van der Waals surface area (Å²) in [5.74, 6) is -2.58. The molecule has 3 rings (SSSR count). The van der Waals surface area contributed by atoms with Crippen molar-refractivity contribution < 1.29 is 8.78 Å². The van der Waals surface area contributed by atoms with Crippen LogP contribution in [0.3, 0.4) is 0 Å². The van der Waals surface area contributed by atoms with Crippen LogP contribution in [0.15, 0.2) is 16.7 Å². The quantitative estimate of drug-likeness (QED) is 0.771. The number of nitrogens with zero attached hydrogens (tertiary/aromatic N) is 1. The lowest BCUT2D eigenvalue weighted by Gasteiger charge is -2.30. The fourth-order valence-corrected chi connectivity index (χ4v) is 3.45. The van der Waals surface area contributed by atoms with Crippen LogP contribution in [0.25, 0.3) is 10.9 Å². The number of halogens is 3. The van der Waals surface area contributed by atoms with Crippen molar-refractivity contribution in [3.63, 3.8) is 0 Å². The highest BCUT2D eigenvalue weighted by Gasteiger charge is 2.40. The van der Waals surface area contributed by atoms with Crippen LogP contribution in [0.4, 0.5) is 8.78 Å². The lowest BCUT2D eigenvalue weighted by molar-refractivity contribution is -0.0245. The van der Waals surface area contributed by atoms with E-state index < -0.39 is 5.92 Å². The Morgan fingerprint density at radius 2 is 2.29 bits per heavy atom. The number of alkyl halides is 2. The van der Waals surface area contributed by atoms with Gasteiger partial charge in [-0.3, -0.25) is 5.10 Å². The summed E-state index contributed by atoms with van der Waals surface area (Å²) in [4.78, 5) is 0. The van der Waals surface area contributed by atoms with Crippen LogP contribution in [-0.4, -0.2) is 10.2 Å². The van der Waals surface area contributed by atoms with E-state index in [1.165, 1.54) is 6.07 Å². The molecule has 1 N–H and O–H groups in total. The molecule has 1 aromatic heterocycles. The predicted molar refractivity (Wildman–Crippen MR) is 65.3 cm³/mol. The van der Waals surface area contributed by atoms with E-state index in [-0.39, 0.29) is 17.9 Å². The molecule has 1 heterocycles. The van der Waals surface area contributed by atoms with Crippen molar-refractivity contribution in [3.05, 3.63) is 27.9 Å². The zero-order chi connectivity index (χ0) is 12.2. The lowest BCUT2D eigenvalue weighted by atomic mass is 9.81. The van der Waals surface area contributed by atoms with Crippen molar-refractivity contribution in [1.82, 2.24) is 10.2 Å². The summed E-state index contributed by atoms with van der Waals surface area (Å²) in [6, 6.07) is 1.54. The average Bonchev–Trinajstić information content (AvgIpc) is 2.73. The van der Waals surface area contributed by atoms with Crippen molar-refractivity contribution in [2.24, 2.45) is 0 Å². The molecule has 1 aromatic carbocycles. The topological polar surface area (TPSA) is 28.7 Å². The molecule has 5 heteroatoms. The Morgan fingerprint density at radius 1 is 1.53 bits per heavy atom. The van der Waals surface area contributed by atoms with Gasteiger partial charge in [-0.1, -0.05) is 6.92 Å². The van der Waals surface area contributed by atoms with Gasteiger partial charge in [-0.05, 0) is 39.9 Å². The molecule has 17 heavy (non-hydrogen) atoms. The number of benzene rings is 1. The molecule has 0 aliphatic heterocycles. The van der Waals surface area contributed by atoms with Gasteiger partial charge in [-0.15, -0.1) is 0 Å². The fourth-order valence-electron chi connectivity index (χ4n) is 2.53. The van der Waals surface area contributed by atoms with E-state index >= 15 is 0 Å². The minimum Gasteiger partial charge on any atom is -0.278 e. The van der Waals surface area contributed by atoms with Crippen LogP contribution in [0.1, 0.15) is 36.8 Å². The van der Waals surface area contributed by atoms with E-state index in [0.717, 1.165) is 15.4 Å². The number of fused-ring (bicyclic) bond motifs is 2. The normalized spacial score (nSPS) is 22.7. The Bertz CT molecular complexity index is 591. The van der Waals surface area contributed by atoms with E-state index in [9.17, 15) is 8.78 Å². The van der Waals surface area contributed by atoms with Crippen LogP contribution in [0, 0.1) is 0 Å². The van der Waals surface area contributed by atoms with Crippen molar-refractivity contribution in [1.29, 1.82) is 0 Å². The predicted octanol–water partition coefficient (Wildman–Crippen LogP) is 4.31. The van der Waals surface area contributed by atoms with Gasteiger partial charge in [-0.2, -0.15) is 5.10 Å². The minimum atomic E-state index is -2.73. The summed E-state index contributed by atoms with van der Waals surface area (Å²) in [6.45, 7) is 1.99. The first-order chi connectivity index (χ1) is 8.00. The Morgan fingerprint density at radius 3 is 3.06 bits per heavy atom. The van der Waals surface area contributed by atoms with Crippen LogP contribution in [0.5, 0.6) is 0 Å². The Kier molecular flexibility index (Phi) is 2.30. The highest BCUT2D eigenvalue weighted by Crippen LogP contribution is 2.49. The third-order valence-corrected chi connectivity index (χ3v) is 4.35. The molecule has 0 fully saturated rings. The highest BCUT2D eigenvalue weighted by molar-refractivity contribution is 9.10. The van der Waals surface area contributed by atoms with Crippen LogP contribution < -0.4 is 0 Å². The molecule has 2 nitrogen and oxygen atoms in total. The molecular formula is C12H11BrF2N2. The van der Waals surface area contributed by atoms with Crippen LogP contribution in [0.2, 0.25) is 0 Å². The maximum atomic E-state index is 13.9. The largest absolute Gasteiger partial charge is 0.278 e.